The lowest BCUT2D eigenvalue weighted by atomic mass is 9.98. The van der Waals surface area contributed by atoms with Crippen LogP contribution in [0.15, 0.2) is 53.6 Å². The summed E-state index contributed by atoms with van der Waals surface area (Å²) in [6.07, 6.45) is 0. The average molecular weight is 432 g/mol. The van der Waals surface area contributed by atoms with Gasteiger partial charge >= 0.3 is 5.97 Å². The summed E-state index contributed by atoms with van der Waals surface area (Å²) in [5.74, 6) is -2.84. The molecule has 7 nitrogen and oxygen atoms in total. The molecule has 0 aromatic heterocycles. The molecule has 2 atom stereocenters. The maximum absolute atomic E-state index is 13.2. The fraction of sp³-hybridized carbons (Fsp3) is 0.200. The number of hydrogen-bond donors (Lipinski definition) is 0. The number of carbonyl (C=O) groups is 3. The summed E-state index contributed by atoms with van der Waals surface area (Å²) < 4.78 is 5.06. The number of amides is 2. The summed E-state index contributed by atoms with van der Waals surface area (Å²) in [5, 5.41) is 6.54. The lowest BCUT2D eigenvalue weighted by Gasteiger charge is -2.22. The van der Waals surface area contributed by atoms with E-state index in [4.69, 9.17) is 27.9 Å². The third-order valence-electron chi connectivity index (χ3n) is 4.69. The van der Waals surface area contributed by atoms with Crippen LogP contribution in [0.3, 0.4) is 0 Å². The van der Waals surface area contributed by atoms with Gasteiger partial charge < -0.3 is 4.74 Å². The second-order valence-electron chi connectivity index (χ2n) is 6.44. The number of fused-ring (bicyclic) bond motifs is 1. The molecule has 1 fully saturated rings. The molecule has 2 unspecified atom stereocenters. The van der Waals surface area contributed by atoms with Crippen LogP contribution in [0.5, 0.6) is 0 Å². The van der Waals surface area contributed by atoms with Crippen molar-refractivity contribution in [2.45, 2.75) is 13.0 Å². The molecule has 0 bridgehead atoms. The van der Waals surface area contributed by atoms with E-state index in [2.05, 4.69) is 5.10 Å². The number of rotatable bonds is 4. The molecular weight excluding hydrogens is 417 g/mol. The second-order valence-corrected chi connectivity index (χ2v) is 7.31. The smallest absolute Gasteiger partial charge is 0.355 e. The lowest BCUT2D eigenvalue weighted by Crippen LogP contribution is -2.39. The maximum Gasteiger partial charge on any atom is 0.355 e. The number of anilines is 2. The van der Waals surface area contributed by atoms with Crippen molar-refractivity contribution < 1.29 is 19.1 Å². The first kappa shape index (κ1) is 19.4. The minimum absolute atomic E-state index is 0.105. The zero-order valence-electron chi connectivity index (χ0n) is 15.2. The first-order chi connectivity index (χ1) is 13.9. The van der Waals surface area contributed by atoms with Crippen LogP contribution in [0.1, 0.15) is 6.92 Å². The fourth-order valence-corrected chi connectivity index (χ4v) is 3.78. The zero-order chi connectivity index (χ0) is 20.7. The average Bonchev–Trinajstić information content (AvgIpc) is 3.21. The van der Waals surface area contributed by atoms with Gasteiger partial charge in [0.2, 0.25) is 5.91 Å². The molecule has 2 aliphatic heterocycles. The number of imide groups is 1. The third kappa shape index (κ3) is 3.26. The number of benzene rings is 2. The molecule has 9 heteroatoms. The van der Waals surface area contributed by atoms with Gasteiger partial charge in [-0.05, 0) is 49.4 Å². The van der Waals surface area contributed by atoms with Gasteiger partial charge in [0, 0.05) is 10.0 Å². The molecule has 1 saturated heterocycles. The van der Waals surface area contributed by atoms with Crippen molar-refractivity contribution in [1.82, 2.24) is 0 Å². The van der Waals surface area contributed by atoms with Crippen LogP contribution < -0.4 is 9.91 Å². The Labute approximate surface area is 176 Å². The summed E-state index contributed by atoms with van der Waals surface area (Å²) >= 11 is 12.0. The molecule has 2 aliphatic rings. The first-order valence-corrected chi connectivity index (χ1v) is 9.61. The molecule has 0 N–H and O–H groups in total. The van der Waals surface area contributed by atoms with Crippen LogP contribution in [0, 0.1) is 5.92 Å². The van der Waals surface area contributed by atoms with Crippen LogP contribution >= 0.6 is 23.2 Å². The van der Waals surface area contributed by atoms with Gasteiger partial charge in [-0.3, -0.25) is 14.6 Å². The predicted octanol–water partition coefficient (Wildman–Crippen LogP) is 3.29. The Bertz CT molecular complexity index is 1040. The Balaban J connectivity index is 1.79. The monoisotopic (exact) mass is 431 g/mol. The van der Waals surface area contributed by atoms with E-state index in [0.29, 0.717) is 21.4 Å². The summed E-state index contributed by atoms with van der Waals surface area (Å²) in [4.78, 5) is 39.9. The molecule has 0 radical (unpaired) electrons. The summed E-state index contributed by atoms with van der Waals surface area (Å²) in [6, 6.07) is 12.0. The zero-order valence-corrected chi connectivity index (χ0v) is 16.7. The Morgan fingerprint density at radius 3 is 2.41 bits per heavy atom. The quantitative estimate of drug-likeness (QED) is 0.547. The molecule has 2 heterocycles. The minimum atomic E-state index is -1.07. The van der Waals surface area contributed by atoms with Crippen LogP contribution in [-0.2, 0) is 19.1 Å². The van der Waals surface area contributed by atoms with E-state index in [1.807, 2.05) is 0 Å². The van der Waals surface area contributed by atoms with Crippen molar-refractivity contribution in [2.75, 3.05) is 16.5 Å². The maximum atomic E-state index is 13.2. The summed E-state index contributed by atoms with van der Waals surface area (Å²) in [5.41, 5.74) is 0.755. The van der Waals surface area contributed by atoms with Gasteiger partial charge in [-0.2, -0.15) is 5.10 Å². The van der Waals surface area contributed by atoms with Crippen molar-refractivity contribution in [1.29, 1.82) is 0 Å². The van der Waals surface area contributed by atoms with E-state index in [1.165, 1.54) is 5.01 Å². The third-order valence-corrected chi connectivity index (χ3v) is 5.18. The molecule has 29 heavy (non-hydrogen) atoms. The van der Waals surface area contributed by atoms with Crippen LogP contribution in [-0.4, -0.2) is 36.1 Å². The molecule has 2 aromatic rings. The number of nitrogens with zero attached hydrogens (tertiary/aromatic N) is 3. The predicted molar refractivity (Wildman–Crippen MR) is 109 cm³/mol. The highest BCUT2D eigenvalue weighted by atomic mass is 35.5. The number of hydrazone groups is 1. The Morgan fingerprint density at radius 2 is 1.76 bits per heavy atom. The number of esters is 1. The Hall–Kier alpha value is -2.90. The highest BCUT2D eigenvalue weighted by Gasteiger charge is 2.59. The van der Waals surface area contributed by atoms with Crippen molar-refractivity contribution in [3.05, 3.63) is 58.6 Å². The van der Waals surface area contributed by atoms with E-state index >= 15 is 0 Å². The Kier molecular flexibility index (Phi) is 5.02. The van der Waals surface area contributed by atoms with Gasteiger partial charge in [0.25, 0.3) is 5.91 Å². The van der Waals surface area contributed by atoms with Gasteiger partial charge in [0.15, 0.2) is 5.71 Å². The highest BCUT2D eigenvalue weighted by Crippen LogP contribution is 2.38. The van der Waals surface area contributed by atoms with E-state index in [-0.39, 0.29) is 12.3 Å². The van der Waals surface area contributed by atoms with Gasteiger partial charge in [-0.1, -0.05) is 29.3 Å². The molecule has 0 aliphatic carbocycles. The van der Waals surface area contributed by atoms with E-state index in [0.717, 1.165) is 4.90 Å². The fourth-order valence-electron chi connectivity index (χ4n) is 3.46. The highest BCUT2D eigenvalue weighted by molar-refractivity contribution is 6.47. The normalized spacial score (nSPS) is 20.7. The number of hydrogen-bond acceptors (Lipinski definition) is 6. The van der Waals surface area contributed by atoms with Crippen molar-refractivity contribution >= 4 is 58.1 Å². The lowest BCUT2D eigenvalue weighted by molar-refractivity contribution is -0.136. The van der Waals surface area contributed by atoms with Crippen molar-refractivity contribution in [3.63, 3.8) is 0 Å². The molecule has 148 valence electrons. The molecule has 4 rings (SSSR count). The standard InChI is InChI=1S/C20H15Cl2N3O4/c1-2-29-20(28)16-15-17(25(23-16)14-5-3-4-12(22)10-14)19(27)24(18(15)26)13-8-6-11(21)7-9-13/h3-10,15,17H,2H2,1H3. The summed E-state index contributed by atoms with van der Waals surface area (Å²) in [7, 11) is 0. The van der Waals surface area contributed by atoms with Gasteiger partial charge in [0.1, 0.15) is 12.0 Å². The first-order valence-electron chi connectivity index (χ1n) is 8.86. The van der Waals surface area contributed by atoms with E-state index in [1.54, 1.807) is 55.5 Å². The molecule has 0 saturated carbocycles. The van der Waals surface area contributed by atoms with Gasteiger partial charge in [-0.25, -0.2) is 9.69 Å². The number of ether oxygens (including phenoxy) is 1. The Morgan fingerprint density at radius 1 is 1.03 bits per heavy atom. The summed E-state index contributed by atoms with van der Waals surface area (Å²) in [6.45, 7) is 1.77. The SMILES string of the molecule is CCOC(=O)C1=NN(c2cccc(Cl)c2)C2C(=O)N(c3ccc(Cl)cc3)C(=O)C12. The van der Waals surface area contributed by atoms with Crippen molar-refractivity contribution in [2.24, 2.45) is 11.0 Å². The van der Waals surface area contributed by atoms with Crippen LogP contribution in [0.25, 0.3) is 0 Å². The number of halogens is 2. The van der Waals surface area contributed by atoms with Crippen LogP contribution in [0.2, 0.25) is 10.0 Å². The largest absolute Gasteiger partial charge is 0.461 e. The van der Waals surface area contributed by atoms with Crippen molar-refractivity contribution in [3.8, 4) is 0 Å². The van der Waals surface area contributed by atoms with E-state index in [9.17, 15) is 14.4 Å². The molecule has 0 spiro atoms. The molecule has 2 aromatic carbocycles. The molecular formula is C20H15Cl2N3O4. The number of carbonyl (C=O) groups excluding carboxylic acids is 3. The topological polar surface area (TPSA) is 79.3 Å². The van der Waals surface area contributed by atoms with Crippen LogP contribution in [0.4, 0.5) is 11.4 Å². The second kappa shape index (κ2) is 7.50. The molecule has 2 amide bonds. The van der Waals surface area contributed by atoms with E-state index < -0.39 is 29.7 Å². The van der Waals surface area contributed by atoms with Gasteiger partial charge in [0.05, 0.1) is 18.0 Å². The minimum Gasteiger partial charge on any atom is -0.461 e. The van der Waals surface area contributed by atoms with Gasteiger partial charge in [-0.15, -0.1) is 0 Å².